The molecule has 3 heterocycles. The van der Waals surface area contributed by atoms with Crippen molar-refractivity contribution in [2.24, 2.45) is 0 Å². The highest BCUT2D eigenvalue weighted by molar-refractivity contribution is 7.80. The summed E-state index contributed by atoms with van der Waals surface area (Å²) >= 11 is 12.0. The zero-order valence-corrected chi connectivity index (χ0v) is 18.0. The van der Waals surface area contributed by atoms with Crippen LogP contribution in [0.4, 0.5) is 0 Å². The average molecular weight is 411 g/mol. The van der Waals surface area contributed by atoms with Crippen LogP contribution in [0, 0.1) is 20.8 Å². The van der Waals surface area contributed by atoms with E-state index < -0.39 is 0 Å². The first kappa shape index (κ1) is 19.0. The van der Waals surface area contributed by atoms with E-state index in [0.717, 1.165) is 27.1 Å². The van der Waals surface area contributed by atoms with Crippen LogP contribution < -0.4 is 5.32 Å². The molecule has 6 heteroatoms. The van der Waals surface area contributed by atoms with Gasteiger partial charge in [0.05, 0.1) is 17.8 Å². The van der Waals surface area contributed by atoms with Gasteiger partial charge in [-0.2, -0.15) is 0 Å². The Bertz CT molecular complexity index is 1040. The molecule has 0 radical (unpaired) electrons. The lowest BCUT2D eigenvalue weighted by Gasteiger charge is -2.24. The standard InChI is InChI=1S/C22H23ClN4S/c1-13-12-16(15(3)27(13)19-10-7-8-17(23)14(19)2)21-20(25-22(28)26(21)4)18-9-5-6-11-24-18/h5-12,20-21H,1-4H3,(H,25,28)/t20-,21+/m0/s1. The minimum atomic E-state index is 0.00751. The summed E-state index contributed by atoms with van der Waals surface area (Å²) in [5.74, 6) is 0. The van der Waals surface area contributed by atoms with Gasteiger partial charge in [-0.05, 0) is 74.4 Å². The molecule has 2 atom stereocenters. The third-order valence-electron chi connectivity index (χ3n) is 5.61. The van der Waals surface area contributed by atoms with E-state index in [0.29, 0.717) is 0 Å². The summed E-state index contributed by atoms with van der Waals surface area (Å²) in [6, 6.07) is 14.4. The fourth-order valence-electron chi connectivity index (χ4n) is 4.14. The van der Waals surface area contributed by atoms with Crippen molar-refractivity contribution >= 4 is 28.9 Å². The minimum Gasteiger partial charge on any atom is -0.352 e. The van der Waals surface area contributed by atoms with Gasteiger partial charge in [0.25, 0.3) is 0 Å². The Hall–Kier alpha value is -2.37. The lowest BCUT2D eigenvalue weighted by Crippen LogP contribution is -2.25. The molecule has 4 nitrogen and oxygen atoms in total. The second kappa shape index (κ2) is 7.22. The predicted molar refractivity (Wildman–Crippen MR) is 118 cm³/mol. The van der Waals surface area contributed by atoms with Gasteiger partial charge < -0.3 is 14.8 Å². The summed E-state index contributed by atoms with van der Waals surface area (Å²) in [5.41, 5.74) is 6.77. The van der Waals surface area contributed by atoms with Crippen molar-refractivity contribution in [1.82, 2.24) is 19.8 Å². The predicted octanol–water partition coefficient (Wildman–Crippen LogP) is 5.05. The Balaban J connectivity index is 1.85. The molecule has 1 aromatic carbocycles. The molecule has 0 spiro atoms. The van der Waals surface area contributed by atoms with Crippen LogP contribution in [0.5, 0.6) is 0 Å². The fourth-order valence-corrected chi connectivity index (χ4v) is 4.55. The summed E-state index contributed by atoms with van der Waals surface area (Å²) in [6.45, 7) is 6.35. The van der Waals surface area contributed by atoms with Crippen molar-refractivity contribution < 1.29 is 0 Å². The van der Waals surface area contributed by atoms with E-state index in [9.17, 15) is 0 Å². The van der Waals surface area contributed by atoms with Gasteiger partial charge in [0, 0.05) is 35.3 Å². The number of halogens is 1. The van der Waals surface area contributed by atoms with E-state index in [2.05, 4.69) is 52.7 Å². The van der Waals surface area contributed by atoms with Crippen molar-refractivity contribution in [1.29, 1.82) is 0 Å². The van der Waals surface area contributed by atoms with Gasteiger partial charge in [0.15, 0.2) is 5.11 Å². The molecule has 0 aliphatic carbocycles. The SMILES string of the molecule is Cc1c(Cl)cccc1-n1c(C)cc([C@@H]2[C@H](c3ccccn3)NC(=S)N2C)c1C. The first-order chi connectivity index (χ1) is 13.4. The first-order valence-corrected chi connectivity index (χ1v) is 10.1. The molecule has 144 valence electrons. The van der Waals surface area contributed by atoms with Crippen molar-refractivity contribution in [3.63, 3.8) is 0 Å². The summed E-state index contributed by atoms with van der Waals surface area (Å²) in [6.07, 6.45) is 1.83. The quantitative estimate of drug-likeness (QED) is 0.612. The average Bonchev–Trinajstić information content (AvgIpc) is 3.14. The Labute approximate surface area is 176 Å². The summed E-state index contributed by atoms with van der Waals surface area (Å²) in [5, 5.41) is 4.97. The number of hydrogen-bond acceptors (Lipinski definition) is 2. The zero-order chi connectivity index (χ0) is 20.0. The Morgan fingerprint density at radius 3 is 2.61 bits per heavy atom. The highest BCUT2D eigenvalue weighted by atomic mass is 35.5. The molecule has 0 amide bonds. The van der Waals surface area contributed by atoms with Crippen LogP contribution in [-0.2, 0) is 0 Å². The Kier molecular flexibility index (Phi) is 4.89. The molecular weight excluding hydrogens is 388 g/mol. The maximum atomic E-state index is 6.39. The van der Waals surface area contributed by atoms with Crippen molar-refractivity contribution in [2.45, 2.75) is 32.9 Å². The first-order valence-electron chi connectivity index (χ1n) is 9.28. The molecule has 1 fully saturated rings. The molecule has 0 bridgehead atoms. The van der Waals surface area contributed by atoms with Gasteiger partial charge in [-0.25, -0.2) is 0 Å². The monoisotopic (exact) mass is 410 g/mol. The number of benzene rings is 1. The number of hydrogen-bond donors (Lipinski definition) is 1. The lowest BCUT2D eigenvalue weighted by atomic mass is 9.97. The molecule has 4 rings (SSSR count). The number of aryl methyl sites for hydroxylation is 1. The third kappa shape index (κ3) is 2.99. The molecule has 1 saturated heterocycles. The van der Waals surface area contributed by atoms with Crippen LogP contribution in [-0.4, -0.2) is 26.6 Å². The van der Waals surface area contributed by atoms with Crippen LogP contribution in [0.15, 0.2) is 48.7 Å². The number of nitrogens with zero attached hydrogens (tertiary/aromatic N) is 3. The normalized spacial score (nSPS) is 19.2. The van der Waals surface area contributed by atoms with E-state index in [1.54, 1.807) is 0 Å². The summed E-state index contributed by atoms with van der Waals surface area (Å²) < 4.78 is 2.28. The van der Waals surface area contributed by atoms with E-state index in [4.69, 9.17) is 23.8 Å². The second-order valence-corrected chi connectivity index (χ2v) is 8.08. The molecular formula is C22H23ClN4S. The van der Waals surface area contributed by atoms with E-state index >= 15 is 0 Å². The molecule has 1 N–H and O–H groups in total. The fraction of sp³-hybridized carbons (Fsp3) is 0.273. The Morgan fingerprint density at radius 1 is 1.11 bits per heavy atom. The van der Waals surface area contributed by atoms with Crippen molar-refractivity contribution in [2.75, 3.05) is 7.05 Å². The van der Waals surface area contributed by atoms with Gasteiger partial charge in [0.1, 0.15) is 0 Å². The maximum absolute atomic E-state index is 6.39. The maximum Gasteiger partial charge on any atom is 0.169 e. The van der Waals surface area contributed by atoms with E-state index in [1.807, 2.05) is 43.6 Å². The highest BCUT2D eigenvalue weighted by Crippen LogP contribution is 2.40. The number of pyridine rings is 1. The summed E-state index contributed by atoms with van der Waals surface area (Å²) in [4.78, 5) is 6.71. The Morgan fingerprint density at radius 2 is 1.89 bits per heavy atom. The number of likely N-dealkylation sites (N-methyl/N-ethyl adjacent to an activating group) is 1. The van der Waals surface area contributed by atoms with Gasteiger partial charge in [0.2, 0.25) is 0 Å². The number of rotatable bonds is 3. The van der Waals surface area contributed by atoms with Gasteiger partial charge in [-0.3, -0.25) is 4.98 Å². The minimum absolute atomic E-state index is 0.00751. The van der Waals surface area contributed by atoms with Crippen LogP contribution >= 0.6 is 23.8 Å². The number of aromatic nitrogens is 2. The summed E-state index contributed by atoms with van der Waals surface area (Å²) in [7, 11) is 2.04. The molecule has 1 aliphatic heterocycles. The molecule has 28 heavy (non-hydrogen) atoms. The molecule has 3 aromatic rings. The number of nitrogens with one attached hydrogen (secondary N) is 1. The van der Waals surface area contributed by atoms with Crippen LogP contribution in [0.3, 0.4) is 0 Å². The van der Waals surface area contributed by atoms with Crippen molar-refractivity contribution in [3.8, 4) is 5.69 Å². The lowest BCUT2D eigenvalue weighted by molar-refractivity contribution is 0.367. The van der Waals surface area contributed by atoms with Gasteiger partial charge in [-0.1, -0.05) is 23.7 Å². The molecule has 0 unspecified atom stereocenters. The topological polar surface area (TPSA) is 33.1 Å². The van der Waals surface area contributed by atoms with Crippen LogP contribution in [0.1, 0.15) is 40.3 Å². The largest absolute Gasteiger partial charge is 0.352 e. The second-order valence-electron chi connectivity index (χ2n) is 7.28. The van der Waals surface area contributed by atoms with Crippen LogP contribution in [0.2, 0.25) is 5.02 Å². The number of thiocarbonyl (C=S) groups is 1. The molecule has 1 aliphatic rings. The van der Waals surface area contributed by atoms with E-state index in [1.165, 1.54) is 17.0 Å². The third-order valence-corrected chi connectivity index (χ3v) is 6.42. The molecule has 2 aromatic heterocycles. The van der Waals surface area contributed by atoms with Gasteiger partial charge >= 0.3 is 0 Å². The van der Waals surface area contributed by atoms with Crippen LogP contribution in [0.25, 0.3) is 5.69 Å². The highest BCUT2D eigenvalue weighted by Gasteiger charge is 2.39. The smallest absolute Gasteiger partial charge is 0.169 e. The van der Waals surface area contributed by atoms with Gasteiger partial charge in [-0.15, -0.1) is 0 Å². The zero-order valence-electron chi connectivity index (χ0n) is 16.4. The molecule has 0 saturated carbocycles. The van der Waals surface area contributed by atoms with E-state index in [-0.39, 0.29) is 12.1 Å². The van der Waals surface area contributed by atoms with Crippen molar-refractivity contribution in [3.05, 3.63) is 81.9 Å².